The summed E-state index contributed by atoms with van der Waals surface area (Å²) in [5, 5.41) is 7.96. The number of nitrogens with one attached hydrogen (secondary N) is 1. The Labute approximate surface area is 177 Å². The highest BCUT2D eigenvalue weighted by atomic mass is 15.2. The van der Waals surface area contributed by atoms with Gasteiger partial charge >= 0.3 is 0 Å². The predicted octanol–water partition coefficient (Wildman–Crippen LogP) is 4.86. The van der Waals surface area contributed by atoms with Crippen LogP contribution in [0.5, 0.6) is 0 Å². The Morgan fingerprint density at radius 2 is 2.07 bits per heavy atom. The van der Waals surface area contributed by atoms with Gasteiger partial charge < -0.3 is 5.32 Å². The normalized spacial score (nSPS) is 19.1. The van der Waals surface area contributed by atoms with Crippen molar-refractivity contribution in [2.75, 3.05) is 12.4 Å². The van der Waals surface area contributed by atoms with Gasteiger partial charge in [-0.25, -0.2) is 9.97 Å². The number of rotatable bonds is 6. The van der Waals surface area contributed by atoms with Crippen LogP contribution in [0.4, 0.5) is 5.82 Å². The lowest BCUT2D eigenvalue weighted by molar-refractivity contribution is 0.308. The molecule has 2 aromatic heterocycles. The molecule has 1 saturated carbocycles. The van der Waals surface area contributed by atoms with E-state index in [0.717, 1.165) is 39.6 Å². The molecule has 0 aliphatic heterocycles. The van der Waals surface area contributed by atoms with Crippen molar-refractivity contribution in [3.63, 3.8) is 0 Å². The third-order valence-electron chi connectivity index (χ3n) is 5.55. The van der Waals surface area contributed by atoms with Gasteiger partial charge in [-0.2, -0.15) is 5.10 Å². The molecule has 6 heteroatoms. The number of anilines is 1. The highest BCUT2D eigenvalue weighted by Crippen LogP contribution is 2.34. The first-order chi connectivity index (χ1) is 14.6. The van der Waals surface area contributed by atoms with E-state index in [1.165, 1.54) is 12.8 Å². The highest BCUT2D eigenvalue weighted by Gasteiger charge is 2.26. The van der Waals surface area contributed by atoms with Gasteiger partial charge in [0.1, 0.15) is 5.82 Å². The number of aryl methyl sites for hydroxylation is 1. The molecular formula is C24H28N6. The van der Waals surface area contributed by atoms with Crippen molar-refractivity contribution in [3.05, 3.63) is 54.5 Å². The zero-order valence-electron chi connectivity index (χ0n) is 18.0. The molecule has 1 aliphatic rings. The van der Waals surface area contributed by atoms with Gasteiger partial charge in [0.05, 0.1) is 6.20 Å². The van der Waals surface area contributed by atoms with Crippen LogP contribution in [0, 0.1) is 5.92 Å². The van der Waals surface area contributed by atoms with Crippen LogP contribution in [-0.4, -0.2) is 39.1 Å². The molecule has 0 spiro atoms. The first-order valence-corrected chi connectivity index (χ1v) is 10.4. The Hall–Kier alpha value is -3.28. The third kappa shape index (κ3) is 4.17. The van der Waals surface area contributed by atoms with Crippen molar-refractivity contribution in [1.82, 2.24) is 19.7 Å². The van der Waals surface area contributed by atoms with Gasteiger partial charge in [-0.3, -0.25) is 9.67 Å². The largest absolute Gasteiger partial charge is 0.367 e. The fourth-order valence-electron chi connectivity index (χ4n) is 3.91. The minimum absolute atomic E-state index is 0.458. The van der Waals surface area contributed by atoms with Gasteiger partial charge in [0.15, 0.2) is 5.82 Å². The Morgan fingerprint density at radius 1 is 1.23 bits per heavy atom. The monoisotopic (exact) mass is 400 g/mol. The molecule has 1 aromatic carbocycles. The SMILES string of the molecule is C/C=C(\C=NC)c1cccc(-c2ncc(-c3cnn(C)c3)c(NC3CC(C)C3)n2)c1. The number of hydrogen-bond acceptors (Lipinski definition) is 5. The summed E-state index contributed by atoms with van der Waals surface area (Å²) in [5.41, 5.74) is 5.16. The second-order valence-electron chi connectivity index (χ2n) is 7.99. The summed E-state index contributed by atoms with van der Waals surface area (Å²) in [6.07, 6.45) is 12.0. The summed E-state index contributed by atoms with van der Waals surface area (Å²) in [5.74, 6) is 2.35. The van der Waals surface area contributed by atoms with Crippen LogP contribution < -0.4 is 5.32 Å². The number of nitrogens with zero attached hydrogens (tertiary/aromatic N) is 5. The first kappa shape index (κ1) is 20.0. The van der Waals surface area contributed by atoms with E-state index in [9.17, 15) is 0 Å². The average molecular weight is 401 g/mol. The lowest BCUT2D eigenvalue weighted by atomic mass is 9.82. The maximum absolute atomic E-state index is 4.94. The molecule has 1 aliphatic carbocycles. The van der Waals surface area contributed by atoms with E-state index in [2.05, 4.69) is 40.5 Å². The number of allylic oxidation sites excluding steroid dienone is 2. The van der Waals surface area contributed by atoms with Gasteiger partial charge in [-0.05, 0) is 42.9 Å². The molecule has 3 aromatic rings. The molecule has 4 rings (SSSR count). The van der Waals surface area contributed by atoms with Crippen LogP contribution in [0.1, 0.15) is 32.3 Å². The van der Waals surface area contributed by atoms with Crippen molar-refractivity contribution < 1.29 is 0 Å². The van der Waals surface area contributed by atoms with E-state index >= 15 is 0 Å². The Morgan fingerprint density at radius 3 is 2.73 bits per heavy atom. The summed E-state index contributed by atoms with van der Waals surface area (Å²) >= 11 is 0. The second kappa shape index (κ2) is 8.61. The van der Waals surface area contributed by atoms with Crippen LogP contribution in [0.15, 0.2) is 53.9 Å². The predicted molar refractivity (Wildman–Crippen MR) is 124 cm³/mol. The van der Waals surface area contributed by atoms with Gasteiger partial charge in [0.25, 0.3) is 0 Å². The van der Waals surface area contributed by atoms with Gasteiger partial charge in [0.2, 0.25) is 0 Å². The summed E-state index contributed by atoms with van der Waals surface area (Å²) in [6.45, 7) is 4.31. The van der Waals surface area contributed by atoms with E-state index in [1.54, 1.807) is 11.7 Å². The topological polar surface area (TPSA) is 68.0 Å². The third-order valence-corrected chi connectivity index (χ3v) is 5.55. The maximum Gasteiger partial charge on any atom is 0.161 e. The average Bonchev–Trinajstić information content (AvgIpc) is 3.17. The van der Waals surface area contributed by atoms with Crippen LogP contribution >= 0.6 is 0 Å². The summed E-state index contributed by atoms with van der Waals surface area (Å²) < 4.78 is 1.80. The molecule has 0 saturated heterocycles. The quantitative estimate of drug-likeness (QED) is 0.600. The Bertz CT molecular complexity index is 1090. The smallest absolute Gasteiger partial charge is 0.161 e. The molecule has 0 amide bonds. The molecule has 154 valence electrons. The number of hydrogen-bond donors (Lipinski definition) is 1. The van der Waals surface area contributed by atoms with Crippen LogP contribution in [0.2, 0.25) is 0 Å². The summed E-state index contributed by atoms with van der Waals surface area (Å²) in [4.78, 5) is 13.8. The van der Waals surface area contributed by atoms with Crippen molar-refractivity contribution >= 4 is 17.6 Å². The number of aromatic nitrogens is 4. The second-order valence-corrected chi connectivity index (χ2v) is 7.99. The van der Waals surface area contributed by atoms with Gasteiger partial charge in [-0.1, -0.05) is 31.2 Å². The zero-order valence-corrected chi connectivity index (χ0v) is 18.0. The zero-order chi connectivity index (χ0) is 21.1. The van der Waals surface area contributed by atoms with Crippen molar-refractivity contribution in [3.8, 4) is 22.5 Å². The van der Waals surface area contributed by atoms with E-state index in [1.807, 2.05) is 50.9 Å². The standard InChI is InChI=1S/C24H28N6/c1-5-17(12-25-3)18-7-6-8-19(11-18)23-26-14-22(20-13-27-30(4)15-20)24(29-23)28-21-9-16(2)10-21/h5-8,11-16,21H,9-10H2,1-4H3,(H,26,28,29)/b17-5+,25-12?. The molecule has 0 bridgehead atoms. The molecule has 30 heavy (non-hydrogen) atoms. The molecule has 0 atom stereocenters. The summed E-state index contributed by atoms with van der Waals surface area (Å²) in [6, 6.07) is 8.75. The molecular weight excluding hydrogens is 372 g/mol. The van der Waals surface area contributed by atoms with Crippen molar-refractivity contribution in [1.29, 1.82) is 0 Å². The van der Waals surface area contributed by atoms with E-state index in [4.69, 9.17) is 9.97 Å². The fraction of sp³-hybridized carbons (Fsp3) is 0.333. The number of aliphatic imine (C=N–C) groups is 1. The number of benzene rings is 1. The van der Waals surface area contributed by atoms with Gasteiger partial charge in [-0.15, -0.1) is 0 Å². The Balaban J connectivity index is 1.72. The van der Waals surface area contributed by atoms with Crippen molar-refractivity contribution in [2.24, 2.45) is 18.0 Å². The minimum Gasteiger partial charge on any atom is -0.367 e. The molecule has 6 nitrogen and oxygen atoms in total. The molecule has 1 fully saturated rings. The Kier molecular flexibility index (Phi) is 5.74. The van der Waals surface area contributed by atoms with E-state index < -0.39 is 0 Å². The lowest BCUT2D eigenvalue weighted by Crippen LogP contribution is -2.34. The van der Waals surface area contributed by atoms with Crippen molar-refractivity contribution in [2.45, 2.75) is 32.7 Å². The van der Waals surface area contributed by atoms with E-state index in [-0.39, 0.29) is 0 Å². The minimum atomic E-state index is 0.458. The maximum atomic E-state index is 4.94. The molecule has 0 radical (unpaired) electrons. The molecule has 1 N–H and O–H groups in total. The molecule has 2 heterocycles. The van der Waals surface area contributed by atoms with E-state index in [0.29, 0.717) is 11.9 Å². The first-order valence-electron chi connectivity index (χ1n) is 10.4. The van der Waals surface area contributed by atoms with Crippen LogP contribution in [-0.2, 0) is 7.05 Å². The van der Waals surface area contributed by atoms with Crippen LogP contribution in [0.25, 0.3) is 28.1 Å². The fourth-order valence-corrected chi connectivity index (χ4v) is 3.91. The highest BCUT2D eigenvalue weighted by molar-refractivity contribution is 6.09. The van der Waals surface area contributed by atoms with Gasteiger partial charge in [0, 0.05) is 55.4 Å². The van der Waals surface area contributed by atoms with Crippen LogP contribution in [0.3, 0.4) is 0 Å². The summed E-state index contributed by atoms with van der Waals surface area (Å²) in [7, 11) is 3.70. The lowest BCUT2D eigenvalue weighted by Gasteiger charge is -2.34. The molecule has 0 unspecified atom stereocenters.